The van der Waals surface area contributed by atoms with Gasteiger partial charge in [0.1, 0.15) is 4.90 Å². The number of nitrogens with zero attached hydrogens (tertiary/aromatic N) is 4. The van der Waals surface area contributed by atoms with Crippen LogP contribution >= 0.6 is 0 Å². The summed E-state index contributed by atoms with van der Waals surface area (Å²) < 4.78 is 35.9. The maximum absolute atomic E-state index is 13.2. The second kappa shape index (κ2) is 5.63. The quantitative estimate of drug-likeness (QED) is 0.889. The molecule has 1 fully saturated rings. The summed E-state index contributed by atoms with van der Waals surface area (Å²) in [5.41, 5.74) is 0.0101. The smallest absolute Gasteiger partial charge is 0.245 e. The van der Waals surface area contributed by atoms with Crippen molar-refractivity contribution in [1.29, 1.82) is 0 Å². The van der Waals surface area contributed by atoms with Crippen LogP contribution in [-0.4, -0.2) is 28.3 Å². The zero-order chi connectivity index (χ0) is 18.6. The Balaban J connectivity index is 2.02. The molecule has 138 valence electrons. The number of rotatable bonds is 4. The van der Waals surface area contributed by atoms with Gasteiger partial charge in [-0.05, 0) is 53.9 Å². The van der Waals surface area contributed by atoms with Gasteiger partial charge in [-0.25, -0.2) is 8.42 Å². The van der Waals surface area contributed by atoms with E-state index in [2.05, 4.69) is 20.0 Å². The second-order valence-electron chi connectivity index (χ2n) is 7.76. The maximum atomic E-state index is 13.2. The van der Waals surface area contributed by atoms with Crippen molar-refractivity contribution in [2.75, 3.05) is 0 Å². The molecule has 0 saturated heterocycles. The molecule has 0 unspecified atom stereocenters. The van der Waals surface area contributed by atoms with E-state index in [0.29, 0.717) is 35.9 Å². The lowest BCUT2D eigenvalue weighted by Crippen LogP contribution is -2.51. The van der Waals surface area contributed by atoms with Crippen LogP contribution < -0.4 is 4.72 Å². The predicted molar refractivity (Wildman–Crippen MR) is 91.6 cm³/mol. The van der Waals surface area contributed by atoms with E-state index < -0.39 is 15.6 Å². The molecule has 0 atom stereocenters. The lowest BCUT2D eigenvalue weighted by molar-refractivity contribution is 0.203. The van der Waals surface area contributed by atoms with Crippen LogP contribution in [0.2, 0.25) is 0 Å². The molecule has 2 heterocycles. The van der Waals surface area contributed by atoms with Crippen LogP contribution in [-0.2, 0) is 21.1 Å². The topological polar surface area (TPSA) is 103 Å². The first-order valence-electron chi connectivity index (χ1n) is 8.38. The highest BCUT2D eigenvalue weighted by Gasteiger charge is 2.47. The first-order chi connectivity index (χ1) is 11.5. The van der Waals surface area contributed by atoms with Gasteiger partial charge in [0.15, 0.2) is 5.82 Å². The van der Waals surface area contributed by atoms with Crippen molar-refractivity contribution in [2.24, 2.45) is 0 Å². The van der Waals surface area contributed by atoms with Gasteiger partial charge < -0.3 is 4.52 Å². The number of hydrogen-bond donors (Lipinski definition) is 1. The Morgan fingerprint density at radius 1 is 1.20 bits per heavy atom. The normalized spacial score (nSPS) is 17.5. The Morgan fingerprint density at radius 2 is 1.84 bits per heavy atom. The van der Waals surface area contributed by atoms with Crippen molar-refractivity contribution < 1.29 is 12.9 Å². The van der Waals surface area contributed by atoms with Crippen LogP contribution in [0.1, 0.15) is 63.1 Å². The average Bonchev–Trinajstić information content (AvgIpc) is 2.98. The van der Waals surface area contributed by atoms with Gasteiger partial charge in [0.25, 0.3) is 0 Å². The van der Waals surface area contributed by atoms with Crippen molar-refractivity contribution in [3.63, 3.8) is 0 Å². The van der Waals surface area contributed by atoms with Gasteiger partial charge in [-0.3, -0.25) is 4.68 Å². The largest absolute Gasteiger partial charge is 0.340 e. The van der Waals surface area contributed by atoms with Crippen LogP contribution in [0.15, 0.2) is 9.42 Å². The second-order valence-corrected chi connectivity index (χ2v) is 9.38. The molecule has 1 aliphatic rings. The van der Waals surface area contributed by atoms with Crippen LogP contribution in [0.3, 0.4) is 0 Å². The lowest BCUT2D eigenvalue weighted by atomic mass is 9.77. The number of aryl methyl sites for hydroxylation is 2. The zero-order valence-corrected chi connectivity index (χ0v) is 16.4. The lowest BCUT2D eigenvalue weighted by Gasteiger charge is -2.39. The third-order valence-corrected chi connectivity index (χ3v) is 6.41. The minimum Gasteiger partial charge on any atom is -0.340 e. The molecule has 2 aromatic rings. The van der Waals surface area contributed by atoms with E-state index in [4.69, 9.17) is 4.52 Å². The fourth-order valence-corrected chi connectivity index (χ4v) is 5.19. The van der Waals surface area contributed by atoms with Crippen LogP contribution in [0, 0.1) is 20.8 Å². The number of nitrogens with one attached hydrogen (secondary N) is 1. The molecule has 9 heteroatoms. The fourth-order valence-electron chi connectivity index (χ4n) is 3.37. The molecule has 0 spiro atoms. The molecule has 0 bridgehead atoms. The van der Waals surface area contributed by atoms with E-state index in [1.165, 1.54) is 0 Å². The monoisotopic (exact) mass is 367 g/mol. The van der Waals surface area contributed by atoms with Crippen molar-refractivity contribution in [3.05, 3.63) is 23.1 Å². The van der Waals surface area contributed by atoms with E-state index in [0.717, 1.165) is 6.42 Å². The predicted octanol–water partition coefficient (Wildman–Crippen LogP) is 2.30. The summed E-state index contributed by atoms with van der Waals surface area (Å²) in [6, 6.07) is 0. The van der Waals surface area contributed by atoms with Crippen molar-refractivity contribution in [3.8, 4) is 0 Å². The Kier molecular flexibility index (Phi) is 4.07. The van der Waals surface area contributed by atoms with Crippen LogP contribution in [0.5, 0.6) is 0 Å². The molecule has 25 heavy (non-hydrogen) atoms. The van der Waals surface area contributed by atoms with E-state index in [1.54, 1.807) is 25.5 Å². The molecular formula is C16H25N5O3S. The molecule has 1 saturated carbocycles. The van der Waals surface area contributed by atoms with E-state index in [1.807, 2.05) is 20.8 Å². The summed E-state index contributed by atoms with van der Waals surface area (Å²) in [7, 11) is -3.77. The highest BCUT2D eigenvalue weighted by atomic mass is 32.2. The molecular weight excluding hydrogens is 342 g/mol. The minimum absolute atomic E-state index is 0.230. The van der Waals surface area contributed by atoms with Crippen molar-refractivity contribution in [1.82, 2.24) is 24.6 Å². The molecule has 0 aliphatic heterocycles. The molecule has 1 N–H and O–H groups in total. The highest BCUT2D eigenvalue weighted by Crippen LogP contribution is 2.41. The van der Waals surface area contributed by atoms with Gasteiger partial charge in [-0.15, -0.1) is 0 Å². The third kappa shape index (κ3) is 2.99. The standard InChI is InChI=1S/C16H25N5O3S/c1-10-13(11(2)21(18-10)15(4,5)6)25(22,23)20-16(8-7-9-16)14-17-12(3)24-19-14/h20H,7-9H2,1-6H3. The Labute approximate surface area is 148 Å². The molecule has 2 aromatic heterocycles. The van der Waals surface area contributed by atoms with Gasteiger partial charge >= 0.3 is 0 Å². The molecule has 3 rings (SSSR count). The fraction of sp³-hybridized carbons (Fsp3) is 0.688. The number of aromatic nitrogens is 4. The molecule has 0 radical (unpaired) electrons. The van der Waals surface area contributed by atoms with Gasteiger partial charge in [0, 0.05) is 6.92 Å². The van der Waals surface area contributed by atoms with Crippen molar-refractivity contribution in [2.45, 2.75) is 76.8 Å². The number of sulfonamides is 1. The zero-order valence-electron chi connectivity index (χ0n) is 15.5. The minimum atomic E-state index is -3.77. The van der Waals surface area contributed by atoms with Gasteiger partial charge in [-0.1, -0.05) is 5.16 Å². The SMILES string of the molecule is Cc1nc(C2(NS(=O)(=O)c3c(C)nn(C(C)(C)C)c3C)CCC2)no1. The summed E-state index contributed by atoms with van der Waals surface area (Å²) in [5.74, 6) is 0.826. The maximum Gasteiger partial charge on any atom is 0.245 e. The first kappa shape index (κ1) is 18.1. The number of hydrogen-bond acceptors (Lipinski definition) is 6. The first-order valence-corrected chi connectivity index (χ1v) is 9.86. The van der Waals surface area contributed by atoms with E-state index in [-0.39, 0.29) is 10.4 Å². The summed E-state index contributed by atoms with van der Waals surface area (Å²) in [5, 5.41) is 8.39. The van der Waals surface area contributed by atoms with Crippen LogP contribution in [0.4, 0.5) is 0 Å². The average molecular weight is 367 g/mol. The summed E-state index contributed by atoms with van der Waals surface area (Å²) >= 11 is 0. The summed E-state index contributed by atoms with van der Waals surface area (Å²) in [4.78, 5) is 4.48. The van der Waals surface area contributed by atoms with Gasteiger partial charge in [0.2, 0.25) is 15.9 Å². The third-order valence-electron chi connectivity index (χ3n) is 4.62. The summed E-state index contributed by atoms with van der Waals surface area (Å²) in [6.45, 7) is 11.2. The molecule has 8 nitrogen and oxygen atoms in total. The van der Waals surface area contributed by atoms with E-state index >= 15 is 0 Å². The van der Waals surface area contributed by atoms with Crippen molar-refractivity contribution >= 4 is 10.0 Å². The van der Waals surface area contributed by atoms with Crippen LogP contribution in [0.25, 0.3) is 0 Å². The van der Waals surface area contributed by atoms with Gasteiger partial charge in [-0.2, -0.15) is 14.8 Å². The molecule has 1 aliphatic carbocycles. The Bertz CT molecular complexity index is 901. The van der Waals surface area contributed by atoms with E-state index in [9.17, 15) is 8.42 Å². The summed E-state index contributed by atoms with van der Waals surface area (Å²) in [6.07, 6.45) is 2.21. The molecule has 0 amide bonds. The Hall–Kier alpha value is -1.74. The highest BCUT2D eigenvalue weighted by molar-refractivity contribution is 7.89. The van der Waals surface area contributed by atoms with Gasteiger partial charge in [0.05, 0.1) is 22.5 Å². The molecule has 0 aromatic carbocycles. The Morgan fingerprint density at radius 3 is 2.24 bits per heavy atom.